The predicted molar refractivity (Wildman–Crippen MR) is 169 cm³/mol. The number of esters is 1. The summed E-state index contributed by atoms with van der Waals surface area (Å²) in [6.07, 6.45) is 3.90. The Hall–Kier alpha value is -4.91. The van der Waals surface area contributed by atoms with Gasteiger partial charge >= 0.3 is 12.0 Å². The molecule has 1 aliphatic carbocycles. The van der Waals surface area contributed by atoms with Crippen molar-refractivity contribution < 1.29 is 14.3 Å². The molecule has 210 valence electrons. The molecule has 0 radical (unpaired) electrons. The van der Waals surface area contributed by atoms with Gasteiger partial charge in [0.2, 0.25) is 0 Å². The van der Waals surface area contributed by atoms with Gasteiger partial charge in [0.25, 0.3) is 0 Å². The van der Waals surface area contributed by atoms with E-state index in [9.17, 15) is 9.59 Å². The maximum atomic E-state index is 12.6. The molecule has 3 aromatic rings. The van der Waals surface area contributed by atoms with Crippen LogP contribution in [0.1, 0.15) is 29.2 Å². The van der Waals surface area contributed by atoms with Crippen molar-refractivity contribution >= 4 is 40.2 Å². The van der Waals surface area contributed by atoms with Crippen LogP contribution in [0.15, 0.2) is 102 Å². The molecule has 2 amide bonds. The molecule has 41 heavy (non-hydrogen) atoms. The smallest absolute Gasteiger partial charge is 0.341 e. The van der Waals surface area contributed by atoms with E-state index in [1.54, 1.807) is 6.92 Å². The molecule has 1 aliphatic rings. The Morgan fingerprint density at radius 3 is 1.85 bits per heavy atom. The Morgan fingerprint density at radius 2 is 1.34 bits per heavy atom. The third kappa shape index (κ3) is 7.00. The molecule has 7 heteroatoms. The van der Waals surface area contributed by atoms with E-state index >= 15 is 0 Å². The summed E-state index contributed by atoms with van der Waals surface area (Å²) in [6, 6.07) is 24.5. The number of hydrogen-bond acceptors (Lipinski definition) is 5. The lowest BCUT2D eigenvalue weighted by atomic mass is 9.83. The number of nitrogens with zero attached hydrogens (tertiary/aromatic N) is 3. The van der Waals surface area contributed by atoms with Gasteiger partial charge in [0.15, 0.2) is 0 Å². The van der Waals surface area contributed by atoms with Crippen molar-refractivity contribution in [2.45, 2.75) is 6.92 Å². The minimum absolute atomic E-state index is 0.0458. The van der Waals surface area contributed by atoms with Gasteiger partial charge in [-0.3, -0.25) is 0 Å². The van der Waals surface area contributed by atoms with E-state index in [2.05, 4.69) is 81.3 Å². The minimum Gasteiger partial charge on any atom is -0.460 e. The number of fused-ring (bicyclic) bond motifs is 1. The highest BCUT2D eigenvalue weighted by Gasteiger charge is 2.21. The van der Waals surface area contributed by atoms with Crippen LogP contribution in [0.4, 0.5) is 16.2 Å². The number of hydrogen-bond donors (Lipinski definition) is 1. The lowest BCUT2D eigenvalue weighted by Gasteiger charge is -2.22. The van der Waals surface area contributed by atoms with Crippen LogP contribution in [0, 0.1) is 0 Å². The summed E-state index contributed by atoms with van der Waals surface area (Å²) < 4.78 is 5.04. The van der Waals surface area contributed by atoms with E-state index in [0.29, 0.717) is 11.3 Å². The monoisotopic (exact) mass is 548 g/mol. The SMILES string of the molecule is C=C(C)C(=O)OCCNC(=O)N=C1C=CC(=C(c2ccc(N(C)C)cc2)c2ccc(N(C)C)cc2)c2ccccc21. The number of amides is 2. The molecular weight excluding hydrogens is 512 g/mol. The van der Waals surface area contributed by atoms with Crippen LogP contribution in [0.5, 0.6) is 0 Å². The molecule has 3 aromatic carbocycles. The quantitative estimate of drug-likeness (QED) is 0.213. The molecule has 0 aromatic heterocycles. The third-order valence-electron chi connectivity index (χ3n) is 6.70. The number of benzene rings is 3. The normalized spacial score (nSPS) is 12.9. The van der Waals surface area contributed by atoms with Crippen molar-refractivity contribution in [3.63, 3.8) is 0 Å². The van der Waals surface area contributed by atoms with Gasteiger partial charge in [0, 0.05) is 50.7 Å². The number of ether oxygens (including phenoxy) is 1. The zero-order valence-corrected chi connectivity index (χ0v) is 24.3. The van der Waals surface area contributed by atoms with Gasteiger partial charge in [-0.2, -0.15) is 4.99 Å². The summed E-state index contributed by atoms with van der Waals surface area (Å²) in [4.78, 5) is 32.6. The zero-order chi connectivity index (χ0) is 29.5. The molecule has 4 rings (SSSR count). The molecule has 0 saturated heterocycles. The van der Waals surface area contributed by atoms with Crippen LogP contribution in [0.2, 0.25) is 0 Å². The standard InChI is InChI=1S/C34H36N4O3/c1-23(2)33(39)41-22-21-35-34(40)36-31-20-19-30(28-9-7-8-10-29(28)31)32(24-11-15-26(16-12-24)37(3)4)25-13-17-27(18-14-25)38(5)6/h7-20H,1,21-22H2,2-6H3,(H,35,40). The average Bonchev–Trinajstić information content (AvgIpc) is 2.97. The first-order chi connectivity index (χ1) is 19.7. The maximum Gasteiger partial charge on any atom is 0.341 e. The molecule has 1 N–H and O–H groups in total. The number of nitrogens with one attached hydrogen (secondary N) is 1. The maximum absolute atomic E-state index is 12.6. The second-order valence-corrected chi connectivity index (χ2v) is 10.2. The predicted octanol–water partition coefficient (Wildman–Crippen LogP) is 5.97. The highest BCUT2D eigenvalue weighted by atomic mass is 16.5. The largest absolute Gasteiger partial charge is 0.460 e. The van der Waals surface area contributed by atoms with Crippen LogP contribution in [0.25, 0.3) is 11.1 Å². The highest BCUT2D eigenvalue weighted by Crippen LogP contribution is 2.38. The first-order valence-corrected chi connectivity index (χ1v) is 13.4. The van der Waals surface area contributed by atoms with Crippen molar-refractivity contribution in [2.75, 3.05) is 51.1 Å². The number of anilines is 2. The van der Waals surface area contributed by atoms with E-state index in [1.165, 1.54) is 0 Å². The Balaban J connectivity index is 1.73. The average molecular weight is 549 g/mol. The summed E-state index contributed by atoms with van der Waals surface area (Å²) >= 11 is 0. The molecule has 7 nitrogen and oxygen atoms in total. The summed E-state index contributed by atoms with van der Waals surface area (Å²) in [6.45, 7) is 5.32. The molecule has 0 aliphatic heterocycles. The molecule has 0 unspecified atom stereocenters. The summed E-state index contributed by atoms with van der Waals surface area (Å²) in [5.74, 6) is -0.488. The lowest BCUT2D eigenvalue weighted by Crippen LogP contribution is -2.26. The molecule has 0 atom stereocenters. The van der Waals surface area contributed by atoms with Crippen molar-refractivity contribution in [3.8, 4) is 0 Å². The second kappa shape index (κ2) is 13.0. The molecule has 0 bridgehead atoms. The van der Waals surface area contributed by atoms with E-state index in [-0.39, 0.29) is 13.2 Å². The lowest BCUT2D eigenvalue weighted by molar-refractivity contribution is -0.138. The molecule has 0 fully saturated rings. The van der Waals surface area contributed by atoms with Crippen molar-refractivity contribution in [1.82, 2.24) is 5.32 Å². The fraction of sp³-hybridized carbons (Fsp3) is 0.206. The zero-order valence-electron chi connectivity index (χ0n) is 24.3. The number of carbonyl (C=O) groups excluding carboxylic acids is 2. The molecule has 0 spiro atoms. The number of rotatable bonds is 8. The number of aliphatic imine (C=N–C) groups is 1. The van der Waals surface area contributed by atoms with Crippen LogP contribution in [0.3, 0.4) is 0 Å². The fourth-order valence-corrected chi connectivity index (χ4v) is 4.50. The fourth-order valence-electron chi connectivity index (χ4n) is 4.50. The summed E-state index contributed by atoms with van der Waals surface area (Å²) in [5.41, 5.74) is 9.27. The number of urea groups is 1. The van der Waals surface area contributed by atoms with Gasteiger partial charge in [-0.1, -0.05) is 61.2 Å². The van der Waals surface area contributed by atoms with E-state index < -0.39 is 12.0 Å². The Bertz CT molecular complexity index is 1480. The van der Waals surface area contributed by atoms with Gasteiger partial charge in [0.05, 0.1) is 12.3 Å². The van der Waals surface area contributed by atoms with Gasteiger partial charge in [-0.05, 0) is 65.1 Å². The molecule has 0 heterocycles. The van der Waals surface area contributed by atoms with E-state index in [4.69, 9.17) is 4.74 Å². The number of allylic oxidation sites excluding steroid dienone is 3. The number of carbonyl (C=O) groups is 2. The topological polar surface area (TPSA) is 74.2 Å². The van der Waals surface area contributed by atoms with Crippen LogP contribution in [-0.2, 0) is 9.53 Å². The minimum atomic E-state index is -0.503. The van der Waals surface area contributed by atoms with Crippen molar-refractivity contribution in [2.24, 2.45) is 4.99 Å². The van der Waals surface area contributed by atoms with Crippen molar-refractivity contribution in [1.29, 1.82) is 0 Å². The van der Waals surface area contributed by atoms with E-state index in [1.807, 2.05) is 58.5 Å². The first-order valence-electron chi connectivity index (χ1n) is 13.4. The third-order valence-corrected chi connectivity index (χ3v) is 6.70. The van der Waals surface area contributed by atoms with Crippen LogP contribution >= 0.6 is 0 Å². The summed E-state index contributed by atoms with van der Waals surface area (Å²) in [7, 11) is 8.11. The Kier molecular flexibility index (Phi) is 9.19. The van der Waals surface area contributed by atoms with Crippen molar-refractivity contribution in [3.05, 3.63) is 119 Å². The molecule has 0 saturated carbocycles. The Labute approximate surface area is 242 Å². The van der Waals surface area contributed by atoms with Gasteiger partial charge in [0.1, 0.15) is 6.61 Å². The van der Waals surface area contributed by atoms with Gasteiger partial charge in [-0.25, -0.2) is 9.59 Å². The van der Waals surface area contributed by atoms with Crippen LogP contribution < -0.4 is 15.1 Å². The molecular formula is C34H36N4O3. The van der Waals surface area contributed by atoms with Crippen LogP contribution in [-0.4, -0.2) is 59.1 Å². The highest BCUT2D eigenvalue weighted by molar-refractivity contribution is 6.21. The Morgan fingerprint density at radius 1 is 0.805 bits per heavy atom. The van der Waals surface area contributed by atoms with Gasteiger partial charge in [-0.15, -0.1) is 0 Å². The van der Waals surface area contributed by atoms with E-state index in [0.717, 1.165) is 44.8 Å². The van der Waals surface area contributed by atoms with Gasteiger partial charge < -0.3 is 19.9 Å². The summed E-state index contributed by atoms with van der Waals surface area (Å²) in [5, 5.41) is 2.68. The second-order valence-electron chi connectivity index (χ2n) is 10.2. The first kappa shape index (κ1) is 29.1.